The third-order valence-electron chi connectivity index (χ3n) is 4.38. The van der Waals surface area contributed by atoms with Crippen LogP contribution in [0.25, 0.3) is 0 Å². The van der Waals surface area contributed by atoms with E-state index in [1.165, 1.54) is 10.6 Å². The Balaban J connectivity index is 1.94. The highest BCUT2D eigenvalue weighted by molar-refractivity contribution is 7.88. The minimum absolute atomic E-state index is 0.0284. The van der Waals surface area contributed by atoms with Crippen LogP contribution in [-0.4, -0.2) is 74.5 Å². The Morgan fingerprint density at radius 3 is 2.25 bits per heavy atom. The third-order valence-corrected chi connectivity index (χ3v) is 5.63. The summed E-state index contributed by atoms with van der Waals surface area (Å²) < 4.78 is 25.4. The number of aryl methyl sites for hydroxylation is 1. The van der Waals surface area contributed by atoms with E-state index in [0.29, 0.717) is 19.6 Å². The molecule has 0 aromatic heterocycles. The maximum atomic E-state index is 12.3. The minimum Gasteiger partial charge on any atom is -0.340 e. The van der Waals surface area contributed by atoms with Gasteiger partial charge in [-0.15, -0.1) is 0 Å². The summed E-state index contributed by atoms with van der Waals surface area (Å²) >= 11 is 0. The van der Waals surface area contributed by atoms with Crippen molar-refractivity contribution in [3.05, 3.63) is 35.4 Å². The van der Waals surface area contributed by atoms with Crippen LogP contribution in [0, 0.1) is 6.92 Å². The van der Waals surface area contributed by atoms with Crippen LogP contribution in [0.2, 0.25) is 0 Å². The molecule has 0 unspecified atom stereocenters. The summed E-state index contributed by atoms with van der Waals surface area (Å²) in [5.74, 6) is 0.0284. The van der Waals surface area contributed by atoms with Crippen LogP contribution in [0.3, 0.4) is 0 Å². The fourth-order valence-corrected chi connectivity index (χ4v) is 3.50. The summed E-state index contributed by atoms with van der Waals surface area (Å²) in [5, 5.41) is 0. The maximum Gasteiger partial charge on any atom is 0.223 e. The molecule has 1 heterocycles. The molecule has 6 nitrogen and oxygen atoms in total. The van der Waals surface area contributed by atoms with Gasteiger partial charge in [0.2, 0.25) is 15.9 Å². The van der Waals surface area contributed by atoms with Gasteiger partial charge in [-0.05, 0) is 19.5 Å². The molecule has 7 heteroatoms. The van der Waals surface area contributed by atoms with Crippen LogP contribution in [-0.2, 0) is 21.4 Å². The Hall–Kier alpha value is -1.44. The van der Waals surface area contributed by atoms with E-state index in [9.17, 15) is 13.2 Å². The highest BCUT2D eigenvalue weighted by atomic mass is 32.2. The van der Waals surface area contributed by atoms with Crippen molar-refractivity contribution in [2.45, 2.75) is 19.9 Å². The minimum atomic E-state index is -3.35. The van der Waals surface area contributed by atoms with Crippen LogP contribution >= 0.6 is 0 Å². The topological polar surface area (TPSA) is 60.9 Å². The lowest BCUT2D eigenvalue weighted by molar-refractivity contribution is -0.132. The monoisotopic (exact) mass is 353 g/mol. The predicted molar refractivity (Wildman–Crippen MR) is 95.1 cm³/mol. The van der Waals surface area contributed by atoms with E-state index in [1.54, 1.807) is 0 Å². The second-order valence-corrected chi connectivity index (χ2v) is 8.50. The molecule has 2 rings (SSSR count). The summed E-state index contributed by atoms with van der Waals surface area (Å²) in [6.07, 6.45) is 1.42. The number of carbonyl (C=O) groups excluding carboxylic acids is 1. The van der Waals surface area contributed by atoms with E-state index in [-0.39, 0.29) is 18.9 Å². The number of benzene rings is 1. The van der Waals surface area contributed by atoms with Crippen molar-refractivity contribution in [1.82, 2.24) is 14.1 Å². The van der Waals surface area contributed by atoms with Gasteiger partial charge in [0.25, 0.3) is 0 Å². The van der Waals surface area contributed by atoms with Crippen LogP contribution in [0.5, 0.6) is 0 Å². The first kappa shape index (κ1) is 18.9. The van der Waals surface area contributed by atoms with Crippen LogP contribution < -0.4 is 0 Å². The Morgan fingerprint density at radius 2 is 1.71 bits per heavy atom. The molecular weight excluding hydrogens is 326 g/mol. The molecule has 1 aliphatic heterocycles. The van der Waals surface area contributed by atoms with Gasteiger partial charge in [0, 0.05) is 45.7 Å². The van der Waals surface area contributed by atoms with E-state index in [1.807, 2.05) is 43.1 Å². The summed E-state index contributed by atoms with van der Waals surface area (Å²) in [6, 6.07) is 7.78. The Kier molecular flexibility index (Phi) is 6.37. The van der Waals surface area contributed by atoms with E-state index >= 15 is 0 Å². The lowest BCUT2D eigenvalue weighted by atomic mass is 10.1. The molecule has 134 valence electrons. The number of hydrogen-bond acceptors (Lipinski definition) is 4. The summed E-state index contributed by atoms with van der Waals surface area (Å²) in [6.45, 7) is 5.67. The van der Waals surface area contributed by atoms with Crippen molar-refractivity contribution >= 4 is 15.9 Å². The van der Waals surface area contributed by atoms with Gasteiger partial charge in [0.15, 0.2) is 0 Å². The number of piperazine rings is 1. The van der Waals surface area contributed by atoms with Gasteiger partial charge >= 0.3 is 0 Å². The molecule has 0 spiro atoms. The highest BCUT2D eigenvalue weighted by Crippen LogP contribution is 2.11. The van der Waals surface area contributed by atoms with Crippen molar-refractivity contribution in [1.29, 1.82) is 0 Å². The molecule has 0 atom stereocenters. The first-order valence-electron chi connectivity index (χ1n) is 8.22. The molecule has 0 radical (unpaired) electrons. The van der Waals surface area contributed by atoms with Crippen molar-refractivity contribution in [2.75, 3.05) is 46.0 Å². The zero-order valence-corrected chi connectivity index (χ0v) is 15.6. The van der Waals surface area contributed by atoms with E-state index in [0.717, 1.165) is 24.2 Å². The van der Waals surface area contributed by atoms with Gasteiger partial charge < -0.3 is 9.80 Å². The maximum absolute atomic E-state index is 12.3. The number of hydrogen-bond donors (Lipinski definition) is 0. The molecule has 1 aromatic carbocycles. The number of sulfonamides is 1. The highest BCUT2D eigenvalue weighted by Gasteiger charge is 2.22. The van der Waals surface area contributed by atoms with Gasteiger partial charge in [0.1, 0.15) is 0 Å². The molecule has 24 heavy (non-hydrogen) atoms. The Morgan fingerprint density at radius 1 is 1.12 bits per heavy atom. The molecule has 1 aliphatic rings. The Labute approximate surface area is 145 Å². The second kappa shape index (κ2) is 8.09. The molecule has 0 N–H and O–H groups in total. The van der Waals surface area contributed by atoms with E-state index in [4.69, 9.17) is 0 Å². The second-order valence-electron chi connectivity index (χ2n) is 6.52. The van der Waals surface area contributed by atoms with E-state index in [2.05, 4.69) is 4.90 Å². The summed E-state index contributed by atoms with van der Waals surface area (Å²) in [7, 11) is -1.32. The standard InChI is InChI=1S/C17H27N3O3S/c1-15-4-6-16(7-5-15)14-20(24(3,22)23)9-8-17(21)19-12-10-18(2)11-13-19/h4-7H,8-14H2,1-3H3. The lowest BCUT2D eigenvalue weighted by Crippen LogP contribution is -2.47. The number of carbonyl (C=O) groups is 1. The normalized spacial score (nSPS) is 16.6. The number of nitrogens with zero attached hydrogens (tertiary/aromatic N) is 3. The SMILES string of the molecule is Cc1ccc(CN(CCC(=O)N2CCN(C)CC2)S(C)(=O)=O)cc1. The van der Waals surface area contributed by atoms with Crippen molar-refractivity contribution in [3.8, 4) is 0 Å². The van der Waals surface area contributed by atoms with Gasteiger partial charge in [-0.1, -0.05) is 29.8 Å². The van der Waals surface area contributed by atoms with E-state index < -0.39 is 10.0 Å². The number of amides is 1. The molecule has 1 amide bonds. The van der Waals surface area contributed by atoms with Gasteiger partial charge in [-0.25, -0.2) is 8.42 Å². The fourth-order valence-electron chi connectivity index (χ4n) is 2.69. The number of rotatable bonds is 6. The predicted octanol–water partition coefficient (Wildman–Crippen LogP) is 0.921. The molecule has 1 saturated heterocycles. The van der Waals surface area contributed by atoms with Gasteiger partial charge in [0.05, 0.1) is 6.26 Å². The van der Waals surface area contributed by atoms with Gasteiger partial charge in [-0.2, -0.15) is 4.31 Å². The third kappa shape index (κ3) is 5.58. The van der Waals surface area contributed by atoms with Crippen LogP contribution in [0.15, 0.2) is 24.3 Å². The number of likely N-dealkylation sites (N-methyl/N-ethyl adjacent to an activating group) is 1. The summed E-state index contributed by atoms with van der Waals surface area (Å²) in [5.41, 5.74) is 2.06. The van der Waals surface area contributed by atoms with Crippen LogP contribution in [0.4, 0.5) is 0 Å². The van der Waals surface area contributed by atoms with Crippen molar-refractivity contribution in [3.63, 3.8) is 0 Å². The molecule has 0 bridgehead atoms. The lowest BCUT2D eigenvalue weighted by Gasteiger charge is -2.33. The van der Waals surface area contributed by atoms with Crippen molar-refractivity contribution in [2.24, 2.45) is 0 Å². The first-order valence-corrected chi connectivity index (χ1v) is 10.1. The average molecular weight is 353 g/mol. The first-order chi connectivity index (χ1) is 11.3. The Bertz CT molecular complexity index is 650. The summed E-state index contributed by atoms with van der Waals surface area (Å²) in [4.78, 5) is 16.3. The molecular formula is C17H27N3O3S. The fraction of sp³-hybridized carbons (Fsp3) is 0.588. The van der Waals surface area contributed by atoms with Gasteiger partial charge in [-0.3, -0.25) is 4.79 Å². The van der Waals surface area contributed by atoms with Crippen molar-refractivity contribution < 1.29 is 13.2 Å². The zero-order chi connectivity index (χ0) is 17.7. The smallest absolute Gasteiger partial charge is 0.223 e. The largest absolute Gasteiger partial charge is 0.340 e. The average Bonchev–Trinajstić information content (AvgIpc) is 2.52. The molecule has 0 saturated carbocycles. The molecule has 0 aliphatic carbocycles. The quantitative estimate of drug-likeness (QED) is 0.763. The molecule has 1 fully saturated rings. The zero-order valence-electron chi connectivity index (χ0n) is 14.7. The van der Waals surface area contributed by atoms with Crippen LogP contribution in [0.1, 0.15) is 17.5 Å². The molecule has 1 aromatic rings.